The topological polar surface area (TPSA) is 76.0 Å². The van der Waals surface area contributed by atoms with Crippen molar-refractivity contribution in [2.24, 2.45) is 0 Å². The highest BCUT2D eigenvalue weighted by Gasteiger charge is 2.34. The monoisotopic (exact) mass is 422 g/mol. The summed E-state index contributed by atoms with van der Waals surface area (Å²) in [6.07, 6.45) is -1.38. The molecule has 0 saturated heterocycles. The summed E-state index contributed by atoms with van der Waals surface area (Å²) < 4.78 is 41.6. The van der Waals surface area contributed by atoms with E-state index >= 15 is 0 Å². The molecule has 3 rings (SSSR count). The van der Waals surface area contributed by atoms with Gasteiger partial charge in [-0.3, -0.25) is 9.59 Å². The number of alkyl halides is 3. The van der Waals surface area contributed by atoms with E-state index in [1.807, 2.05) is 0 Å². The maximum Gasteiger partial charge on any atom is 0.418 e. The third-order valence-electron chi connectivity index (χ3n) is 4.00. The summed E-state index contributed by atoms with van der Waals surface area (Å²) in [6.45, 7) is 0.243. The molecule has 0 unspecified atom stereocenters. The van der Waals surface area contributed by atoms with Crippen LogP contribution in [0.2, 0.25) is 0 Å². The fourth-order valence-corrected chi connectivity index (χ4v) is 3.24. The number of carbonyl (C=O) groups excluding carboxylic acids is 2. The van der Waals surface area contributed by atoms with Gasteiger partial charge in [0, 0.05) is 36.3 Å². The third kappa shape index (κ3) is 5.44. The molecule has 0 aliphatic carbocycles. The summed E-state index contributed by atoms with van der Waals surface area (Å²) in [5, 5.41) is 12.4. The number of rotatable bonds is 7. The highest BCUT2D eigenvalue weighted by atomic mass is 32.1. The average molecular weight is 422 g/mol. The van der Waals surface area contributed by atoms with Crippen molar-refractivity contribution in [3.8, 4) is 5.69 Å². The minimum Gasteiger partial charge on any atom is -0.352 e. The van der Waals surface area contributed by atoms with Gasteiger partial charge >= 0.3 is 6.18 Å². The van der Waals surface area contributed by atoms with Crippen LogP contribution in [0, 0.1) is 0 Å². The fourth-order valence-electron chi connectivity index (χ4n) is 2.60. The van der Waals surface area contributed by atoms with E-state index in [2.05, 4.69) is 15.7 Å². The van der Waals surface area contributed by atoms with Crippen LogP contribution in [-0.2, 0) is 11.0 Å². The van der Waals surface area contributed by atoms with E-state index in [0.717, 1.165) is 6.07 Å². The van der Waals surface area contributed by atoms with Crippen molar-refractivity contribution in [2.45, 2.75) is 19.0 Å². The number of anilines is 1. The van der Waals surface area contributed by atoms with E-state index in [-0.39, 0.29) is 30.2 Å². The van der Waals surface area contributed by atoms with Gasteiger partial charge in [0.05, 0.1) is 16.9 Å². The first-order valence-electron chi connectivity index (χ1n) is 8.66. The molecule has 2 heterocycles. The Bertz CT molecular complexity index is 970. The number of carbonyl (C=O) groups is 2. The van der Waals surface area contributed by atoms with Crippen LogP contribution in [0.3, 0.4) is 0 Å². The summed E-state index contributed by atoms with van der Waals surface area (Å²) >= 11 is 1.39. The maximum atomic E-state index is 13.4. The lowest BCUT2D eigenvalue weighted by Gasteiger charge is -2.15. The number of amides is 2. The number of halogens is 3. The number of nitrogens with one attached hydrogen (secondary N) is 2. The third-order valence-corrected chi connectivity index (χ3v) is 4.68. The van der Waals surface area contributed by atoms with Crippen LogP contribution >= 0.6 is 11.3 Å². The van der Waals surface area contributed by atoms with Crippen molar-refractivity contribution in [2.75, 3.05) is 11.9 Å². The van der Waals surface area contributed by atoms with Crippen molar-refractivity contribution in [3.63, 3.8) is 0 Å². The van der Waals surface area contributed by atoms with Gasteiger partial charge in [-0.2, -0.15) is 29.6 Å². The van der Waals surface area contributed by atoms with E-state index in [0.29, 0.717) is 12.0 Å². The van der Waals surface area contributed by atoms with Gasteiger partial charge in [0.25, 0.3) is 5.91 Å². The Kier molecular flexibility index (Phi) is 6.32. The van der Waals surface area contributed by atoms with Gasteiger partial charge in [0.2, 0.25) is 5.91 Å². The second-order valence-electron chi connectivity index (χ2n) is 6.10. The zero-order valence-corrected chi connectivity index (χ0v) is 15.9. The van der Waals surface area contributed by atoms with Crippen molar-refractivity contribution in [1.29, 1.82) is 0 Å². The van der Waals surface area contributed by atoms with E-state index < -0.39 is 17.6 Å². The van der Waals surface area contributed by atoms with Crippen LogP contribution in [0.15, 0.2) is 53.5 Å². The number of aromatic nitrogens is 2. The van der Waals surface area contributed by atoms with Gasteiger partial charge in [-0.1, -0.05) is 0 Å². The van der Waals surface area contributed by atoms with E-state index in [1.165, 1.54) is 40.5 Å². The molecular formula is C19H17F3N4O2S. The molecule has 0 bridgehead atoms. The quantitative estimate of drug-likeness (QED) is 0.563. The number of nitrogens with zero attached hydrogens (tertiary/aromatic N) is 2. The molecule has 2 amide bonds. The highest BCUT2D eigenvalue weighted by molar-refractivity contribution is 7.08. The second kappa shape index (κ2) is 8.91. The zero-order chi connectivity index (χ0) is 20.9. The van der Waals surface area contributed by atoms with E-state index in [4.69, 9.17) is 0 Å². The van der Waals surface area contributed by atoms with Crippen LogP contribution in [0.5, 0.6) is 0 Å². The average Bonchev–Trinajstić information content (AvgIpc) is 3.38. The number of hydrogen-bond acceptors (Lipinski definition) is 4. The predicted octanol–water partition coefficient (Wildman–Crippen LogP) is 4.10. The highest BCUT2D eigenvalue weighted by Crippen LogP contribution is 2.36. The number of thiophene rings is 1. The lowest BCUT2D eigenvalue weighted by molar-refractivity contribution is -0.137. The molecule has 6 nitrogen and oxygen atoms in total. The van der Waals surface area contributed by atoms with Gasteiger partial charge in [-0.15, -0.1) is 0 Å². The number of hydrogen-bond donors (Lipinski definition) is 2. The molecule has 0 fully saturated rings. The van der Waals surface area contributed by atoms with Crippen molar-refractivity contribution < 1.29 is 22.8 Å². The van der Waals surface area contributed by atoms with Crippen LogP contribution in [0.4, 0.5) is 18.9 Å². The predicted molar refractivity (Wildman–Crippen MR) is 103 cm³/mol. The molecule has 0 aliphatic rings. The van der Waals surface area contributed by atoms with Gasteiger partial charge < -0.3 is 10.6 Å². The fraction of sp³-hybridized carbons (Fsp3) is 0.211. The number of benzene rings is 1. The summed E-state index contributed by atoms with van der Waals surface area (Å²) in [7, 11) is 0. The summed E-state index contributed by atoms with van der Waals surface area (Å²) in [5.74, 6) is -0.813. The van der Waals surface area contributed by atoms with Crippen LogP contribution in [0.1, 0.15) is 28.8 Å². The Hall–Kier alpha value is -3.14. The lowest BCUT2D eigenvalue weighted by Crippen LogP contribution is -2.25. The summed E-state index contributed by atoms with van der Waals surface area (Å²) in [4.78, 5) is 23.9. The lowest BCUT2D eigenvalue weighted by atomic mass is 10.1. The van der Waals surface area contributed by atoms with Crippen molar-refractivity contribution >= 4 is 28.8 Å². The maximum absolute atomic E-state index is 13.4. The largest absolute Gasteiger partial charge is 0.418 e. The van der Waals surface area contributed by atoms with Crippen molar-refractivity contribution in [1.82, 2.24) is 15.1 Å². The zero-order valence-electron chi connectivity index (χ0n) is 15.1. The first kappa shape index (κ1) is 20.6. The van der Waals surface area contributed by atoms with Gasteiger partial charge in [0.15, 0.2) is 0 Å². The molecule has 0 atom stereocenters. The second-order valence-corrected chi connectivity index (χ2v) is 6.88. The molecule has 0 spiro atoms. The molecule has 2 aromatic heterocycles. The minimum atomic E-state index is -4.64. The first-order valence-corrected chi connectivity index (χ1v) is 9.60. The van der Waals surface area contributed by atoms with E-state index in [9.17, 15) is 22.8 Å². The van der Waals surface area contributed by atoms with Gasteiger partial charge in [0.1, 0.15) is 0 Å². The molecule has 0 aliphatic heterocycles. The summed E-state index contributed by atoms with van der Waals surface area (Å²) in [6, 6.07) is 6.86. The van der Waals surface area contributed by atoms with Gasteiger partial charge in [-0.25, -0.2) is 4.68 Å². The normalized spacial score (nSPS) is 11.3. The van der Waals surface area contributed by atoms with Crippen LogP contribution in [-0.4, -0.2) is 28.1 Å². The molecule has 10 heteroatoms. The Balaban J connectivity index is 1.58. The van der Waals surface area contributed by atoms with Crippen LogP contribution in [0.25, 0.3) is 5.69 Å². The Morgan fingerprint density at radius 1 is 1.21 bits per heavy atom. The smallest absolute Gasteiger partial charge is 0.352 e. The van der Waals surface area contributed by atoms with Crippen molar-refractivity contribution in [3.05, 3.63) is 64.6 Å². The summed E-state index contributed by atoms with van der Waals surface area (Å²) in [5.41, 5.74) is -0.506. The van der Waals surface area contributed by atoms with Gasteiger partial charge in [-0.05, 0) is 42.1 Å². The minimum absolute atomic E-state index is 0.0257. The molecular weight excluding hydrogens is 405 g/mol. The van der Waals surface area contributed by atoms with Crippen LogP contribution < -0.4 is 10.6 Å². The SMILES string of the molecule is O=C(CCCNC(=O)c1ccsc1)Nc1ccc(-n2cccn2)cc1C(F)(F)F. The molecule has 29 heavy (non-hydrogen) atoms. The molecule has 2 N–H and O–H groups in total. The first-order chi connectivity index (χ1) is 13.8. The Morgan fingerprint density at radius 3 is 2.69 bits per heavy atom. The van der Waals surface area contributed by atoms with E-state index in [1.54, 1.807) is 22.9 Å². The Morgan fingerprint density at radius 2 is 2.03 bits per heavy atom. The molecule has 0 radical (unpaired) electrons. The molecule has 0 saturated carbocycles. The standard InChI is InChI=1S/C19H17F3N4O2S/c20-19(21,22)15-11-14(26-9-2-8-24-26)4-5-16(15)25-17(27)3-1-7-23-18(28)13-6-10-29-12-13/h2,4-6,8-12H,1,3,7H2,(H,23,28)(H,25,27). The molecule has 1 aromatic carbocycles. The molecule has 3 aromatic rings. The Labute approximate surface area is 168 Å². The molecule has 152 valence electrons.